The molecule has 0 radical (unpaired) electrons. The number of thiophene rings is 1. The van der Waals surface area contributed by atoms with Crippen molar-refractivity contribution in [2.45, 2.75) is 5.88 Å². The predicted molar refractivity (Wildman–Crippen MR) is 54.7 cm³/mol. The van der Waals surface area contributed by atoms with Crippen molar-refractivity contribution in [3.8, 4) is 11.5 Å². The molecule has 0 bridgehead atoms. The number of rotatable bonds is 1. The van der Waals surface area contributed by atoms with Crippen molar-refractivity contribution in [1.82, 2.24) is 0 Å². The third-order valence-corrected chi connectivity index (χ3v) is 3.18. The highest BCUT2D eigenvalue weighted by Crippen LogP contribution is 2.38. The summed E-state index contributed by atoms with van der Waals surface area (Å²) in [5.74, 6) is -0.0106. The fraction of sp³-hybridized carbons (Fsp3) is 0.111. The van der Waals surface area contributed by atoms with Crippen molar-refractivity contribution in [3.63, 3.8) is 0 Å². The van der Waals surface area contributed by atoms with E-state index in [1.54, 1.807) is 0 Å². The Kier molecular flexibility index (Phi) is 2.06. The zero-order chi connectivity index (χ0) is 9.42. The van der Waals surface area contributed by atoms with Crippen LogP contribution in [0.2, 0.25) is 0 Å². The average molecular weight is 215 g/mol. The smallest absolute Gasteiger partial charge is 0.163 e. The highest BCUT2D eigenvalue weighted by atomic mass is 35.5. The summed E-state index contributed by atoms with van der Waals surface area (Å²) in [7, 11) is 0. The summed E-state index contributed by atoms with van der Waals surface area (Å²) < 4.78 is 0.935. The number of alkyl halides is 1. The zero-order valence-electron chi connectivity index (χ0n) is 6.62. The second kappa shape index (κ2) is 3.09. The first-order chi connectivity index (χ1) is 6.24. The van der Waals surface area contributed by atoms with E-state index in [-0.39, 0.29) is 17.4 Å². The van der Waals surface area contributed by atoms with Crippen molar-refractivity contribution in [2.75, 3.05) is 0 Å². The number of hydrogen-bond acceptors (Lipinski definition) is 3. The van der Waals surface area contributed by atoms with Gasteiger partial charge in [-0.05, 0) is 22.9 Å². The number of benzene rings is 1. The standard InChI is InChI=1S/C9H7ClO2S/c10-4-6-8(12)7(11)3-5-1-2-13-9(5)6/h1-3,11-12H,4H2. The lowest BCUT2D eigenvalue weighted by Gasteiger charge is -2.04. The van der Waals surface area contributed by atoms with E-state index in [4.69, 9.17) is 11.6 Å². The molecule has 1 aromatic carbocycles. The fourth-order valence-electron chi connectivity index (χ4n) is 1.28. The van der Waals surface area contributed by atoms with Crippen molar-refractivity contribution < 1.29 is 10.2 Å². The van der Waals surface area contributed by atoms with Gasteiger partial charge in [0, 0.05) is 10.3 Å². The van der Waals surface area contributed by atoms with Crippen molar-refractivity contribution in [1.29, 1.82) is 0 Å². The van der Waals surface area contributed by atoms with Gasteiger partial charge in [0.25, 0.3) is 0 Å². The molecule has 0 saturated carbocycles. The first-order valence-corrected chi connectivity index (χ1v) is 5.12. The Hall–Kier alpha value is -0.930. The molecule has 1 aromatic heterocycles. The molecule has 0 aliphatic heterocycles. The van der Waals surface area contributed by atoms with Gasteiger partial charge in [-0.15, -0.1) is 22.9 Å². The third-order valence-electron chi connectivity index (χ3n) is 1.92. The topological polar surface area (TPSA) is 40.5 Å². The lowest BCUT2D eigenvalue weighted by molar-refractivity contribution is 0.402. The summed E-state index contributed by atoms with van der Waals surface area (Å²) in [5, 5.41) is 21.6. The van der Waals surface area contributed by atoms with Crippen LogP contribution in [0.25, 0.3) is 10.1 Å². The summed E-state index contributed by atoms with van der Waals surface area (Å²) in [5.41, 5.74) is 0.603. The lowest BCUT2D eigenvalue weighted by atomic mass is 10.1. The fourth-order valence-corrected chi connectivity index (χ4v) is 2.54. The summed E-state index contributed by atoms with van der Waals surface area (Å²) in [4.78, 5) is 0. The summed E-state index contributed by atoms with van der Waals surface area (Å²) >= 11 is 7.18. The van der Waals surface area contributed by atoms with Gasteiger partial charge in [-0.2, -0.15) is 0 Å². The van der Waals surface area contributed by atoms with Crippen molar-refractivity contribution in [3.05, 3.63) is 23.1 Å². The molecule has 2 N–H and O–H groups in total. The Morgan fingerprint density at radius 1 is 1.38 bits per heavy atom. The molecule has 68 valence electrons. The molecule has 0 amide bonds. The second-order valence-corrected chi connectivity index (χ2v) is 3.88. The van der Waals surface area contributed by atoms with Crippen LogP contribution < -0.4 is 0 Å². The van der Waals surface area contributed by atoms with Gasteiger partial charge in [0.2, 0.25) is 0 Å². The van der Waals surface area contributed by atoms with E-state index in [1.165, 1.54) is 17.4 Å². The summed E-state index contributed by atoms with van der Waals surface area (Å²) in [6.45, 7) is 0. The Balaban J connectivity index is 2.87. The van der Waals surface area contributed by atoms with Crippen LogP contribution in [-0.4, -0.2) is 10.2 Å². The van der Waals surface area contributed by atoms with Crippen molar-refractivity contribution in [2.24, 2.45) is 0 Å². The van der Waals surface area contributed by atoms with Crippen LogP contribution >= 0.6 is 22.9 Å². The SMILES string of the molecule is Oc1cc2ccsc2c(CCl)c1O. The number of hydrogen-bond donors (Lipinski definition) is 2. The second-order valence-electron chi connectivity index (χ2n) is 2.70. The van der Waals surface area contributed by atoms with Crippen LogP contribution in [0.4, 0.5) is 0 Å². The molecule has 0 saturated heterocycles. The molecule has 2 aromatic rings. The largest absolute Gasteiger partial charge is 0.504 e. The lowest BCUT2D eigenvalue weighted by Crippen LogP contribution is -1.80. The Labute approximate surface area is 84.0 Å². The highest BCUT2D eigenvalue weighted by molar-refractivity contribution is 7.17. The van der Waals surface area contributed by atoms with E-state index >= 15 is 0 Å². The molecule has 0 unspecified atom stereocenters. The first-order valence-electron chi connectivity index (χ1n) is 3.71. The number of aromatic hydroxyl groups is 2. The highest BCUT2D eigenvalue weighted by Gasteiger charge is 2.11. The molecular weight excluding hydrogens is 208 g/mol. The summed E-state index contributed by atoms with van der Waals surface area (Å²) in [6.07, 6.45) is 0. The molecule has 13 heavy (non-hydrogen) atoms. The summed E-state index contributed by atoms with van der Waals surface area (Å²) in [6, 6.07) is 3.42. The third kappa shape index (κ3) is 1.24. The van der Waals surface area contributed by atoms with Gasteiger partial charge < -0.3 is 10.2 Å². The van der Waals surface area contributed by atoms with E-state index in [1.807, 2.05) is 11.4 Å². The molecule has 0 aliphatic rings. The molecule has 0 atom stereocenters. The minimum atomic E-state index is -0.110. The molecule has 1 heterocycles. The van der Waals surface area contributed by atoms with Crippen LogP contribution in [0.5, 0.6) is 11.5 Å². The van der Waals surface area contributed by atoms with Gasteiger partial charge in [-0.25, -0.2) is 0 Å². The predicted octanol–water partition coefficient (Wildman–Crippen LogP) is 3.05. The van der Waals surface area contributed by atoms with Gasteiger partial charge in [0.1, 0.15) is 0 Å². The normalized spacial score (nSPS) is 10.8. The van der Waals surface area contributed by atoms with Gasteiger partial charge >= 0.3 is 0 Å². The minimum Gasteiger partial charge on any atom is -0.504 e. The van der Waals surface area contributed by atoms with E-state index < -0.39 is 0 Å². The number of halogens is 1. The van der Waals surface area contributed by atoms with Crippen molar-refractivity contribution >= 4 is 33.0 Å². The van der Waals surface area contributed by atoms with Crippen LogP contribution in [0.1, 0.15) is 5.56 Å². The van der Waals surface area contributed by atoms with Crippen LogP contribution in [0, 0.1) is 0 Å². The minimum absolute atomic E-state index is 0.107. The van der Waals surface area contributed by atoms with Crippen LogP contribution in [0.15, 0.2) is 17.5 Å². The Bertz CT molecular complexity index is 450. The average Bonchev–Trinajstić information content (AvgIpc) is 2.54. The van der Waals surface area contributed by atoms with Crippen LogP contribution in [0.3, 0.4) is 0 Å². The van der Waals surface area contributed by atoms with Gasteiger partial charge in [-0.3, -0.25) is 0 Å². The maximum Gasteiger partial charge on any atom is 0.163 e. The Morgan fingerprint density at radius 3 is 2.85 bits per heavy atom. The maximum atomic E-state index is 9.49. The number of fused-ring (bicyclic) bond motifs is 1. The van der Waals surface area contributed by atoms with Gasteiger partial charge in [0.05, 0.1) is 5.88 Å². The van der Waals surface area contributed by atoms with E-state index in [0.29, 0.717) is 5.56 Å². The van der Waals surface area contributed by atoms with E-state index in [2.05, 4.69) is 0 Å². The Morgan fingerprint density at radius 2 is 2.15 bits per heavy atom. The number of phenolic OH excluding ortho intramolecular Hbond substituents is 2. The molecule has 2 nitrogen and oxygen atoms in total. The molecular formula is C9H7ClO2S. The molecule has 2 rings (SSSR count). The quantitative estimate of drug-likeness (QED) is 0.566. The zero-order valence-corrected chi connectivity index (χ0v) is 8.19. The number of phenols is 2. The van der Waals surface area contributed by atoms with Crippen LogP contribution in [-0.2, 0) is 5.88 Å². The molecule has 0 spiro atoms. The molecule has 0 aliphatic carbocycles. The van der Waals surface area contributed by atoms with Gasteiger partial charge in [-0.1, -0.05) is 0 Å². The first kappa shape index (κ1) is 8.66. The van der Waals surface area contributed by atoms with E-state index in [9.17, 15) is 10.2 Å². The molecule has 0 fully saturated rings. The van der Waals surface area contributed by atoms with E-state index in [0.717, 1.165) is 10.1 Å². The monoisotopic (exact) mass is 214 g/mol. The van der Waals surface area contributed by atoms with Gasteiger partial charge in [0.15, 0.2) is 11.5 Å². The maximum absolute atomic E-state index is 9.49. The molecule has 4 heteroatoms.